The van der Waals surface area contributed by atoms with Crippen molar-refractivity contribution in [2.75, 3.05) is 12.4 Å². The fraction of sp³-hybridized carbons (Fsp3) is 0.125. The third kappa shape index (κ3) is 2.93. The van der Waals surface area contributed by atoms with E-state index in [4.69, 9.17) is 22.1 Å². The summed E-state index contributed by atoms with van der Waals surface area (Å²) in [6, 6.07) is 7.08. The number of carbonyl (C=O) groups excluding carboxylic acids is 1. The number of amides is 1. The first-order valence-electron chi connectivity index (χ1n) is 6.92. The van der Waals surface area contributed by atoms with Crippen molar-refractivity contribution in [1.29, 1.82) is 0 Å². The average Bonchev–Trinajstić information content (AvgIpc) is 3.01. The van der Waals surface area contributed by atoms with Crippen molar-refractivity contribution in [2.24, 2.45) is 5.73 Å². The number of nitrogens with one attached hydrogen (secondary N) is 2. The zero-order chi connectivity index (χ0) is 16.4. The summed E-state index contributed by atoms with van der Waals surface area (Å²) in [5, 5.41) is 4.67. The van der Waals surface area contributed by atoms with Gasteiger partial charge in [-0.3, -0.25) is 4.79 Å². The number of hydrogen-bond acceptors (Lipinski definition) is 4. The van der Waals surface area contributed by atoms with Gasteiger partial charge < -0.3 is 20.8 Å². The van der Waals surface area contributed by atoms with Crippen molar-refractivity contribution >= 4 is 34.2 Å². The summed E-state index contributed by atoms with van der Waals surface area (Å²) >= 11 is 6.06. The molecule has 0 saturated carbocycles. The number of nitrogens with zero attached hydrogens (tertiary/aromatic N) is 1. The molecule has 2 aromatic heterocycles. The molecule has 7 heteroatoms. The summed E-state index contributed by atoms with van der Waals surface area (Å²) in [6.07, 6.45) is 3.58. The number of anilines is 1. The van der Waals surface area contributed by atoms with Crippen LogP contribution in [0.4, 0.5) is 5.69 Å². The Hall–Kier alpha value is -2.73. The molecule has 0 aliphatic heterocycles. The molecule has 0 fully saturated rings. The highest BCUT2D eigenvalue weighted by Gasteiger charge is 2.15. The van der Waals surface area contributed by atoms with E-state index in [0.29, 0.717) is 23.0 Å². The minimum absolute atomic E-state index is 0.240. The summed E-state index contributed by atoms with van der Waals surface area (Å²) in [7, 11) is 1.48. The molecule has 3 rings (SSSR count). The van der Waals surface area contributed by atoms with E-state index in [-0.39, 0.29) is 5.56 Å². The number of hydrogen-bond donors (Lipinski definition) is 3. The highest BCUT2D eigenvalue weighted by atomic mass is 35.5. The van der Waals surface area contributed by atoms with E-state index in [1.54, 1.807) is 12.3 Å². The van der Waals surface area contributed by atoms with Gasteiger partial charge >= 0.3 is 0 Å². The Morgan fingerprint density at radius 1 is 1.43 bits per heavy atom. The van der Waals surface area contributed by atoms with E-state index < -0.39 is 5.91 Å². The molecule has 0 bridgehead atoms. The molecular formula is C16H15ClN4O2. The lowest BCUT2D eigenvalue weighted by molar-refractivity contribution is 0.0997. The van der Waals surface area contributed by atoms with Crippen molar-refractivity contribution in [3.8, 4) is 5.75 Å². The fourth-order valence-corrected chi connectivity index (χ4v) is 2.71. The second-order valence-corrected chi connectivity index (χ2v) is 5.40. The van der Waals surface area contributed by atoms with Crippen LogP contribution in [0.15, 0.2) is 36.7 Å². The third-order valence-electron chi connectivity index (χ3n) is 3.54. The number of benzene rings is 1. The molecule has 0 spiro atoms. The molecule has 3 aromatic rings. The van der Waals surface area contributed by atoms with Crippen molar-refractivity contribution in [1.82, 2.24) is 9.97 Å². The molecule has 0 aliphatic rings. The lowest BCUT2D eigenvalue weighted by Crippen LogP contribution is -2.14. The smallest absolute Gasteiger partial charge is 0.252 e. The Morgan fingerprint density at radius 3 is 3.00 bits per heavy atom. The first-order valence-corrected chi connectivity index (χ1v) is 7.30. The zero-order valence-corrected chi connectivity index (χ0v) is 13.1. The van der Waals surface area contributed by atoms with E-state index >= 15 is 0 Å². The summed E-state index contributed by atoms with van der Waals surface area (Å²) in [5.74, 6) is -0.217. The standard InChI is InChI=1S/C16H15ClN4O2/c1-23-14-12(15(18)22)6-10(17)7-13(14)21-8-9-2-4-19-16-11(9)3-5-20-16/h2-7,21H,8H2,1H3,(H2,18,22)(H,19,20). The number of fused-ring (bicyclic) bond motifs is 1. The topological polar surface area (TPSA) is 93.0 Å². The van der Waals surface area contributed by atoms with E-state index in [9.17, 15) is 4.79 Å². The number of methoxy groups -OCH3 is 1. The molecule has 23 heavy (non-hydrogen) atoms. The normalized spacial score (nSPS) is 10.7. The van der Waals surface area contributed by atoms with Crippen molar-refractivity contribution in [3.05, 3.63) is 52.8 Å². The van der Waals surface area contributed by atoms with Gasteiger partial charge in [-0.05, 0) is 29.8 Å². The highest BCUT2D eigenvalue weighted by Crippen LogP contribution is 2.33. The molecule has 118 valence electrons. The van der Waals surface area contributed by atoms with Crippen LogP contribution in [0.1, 0.15) is 15.9 Å². The van der Waals surface area contributed by atoms with Gasteiger partial charge in [-0.25, -0.2) is 4.98 Å². The quantitative estimate of drug-likeness (QED) is 0.670. The molecular weight excluding hydrogens is 316 g/mol. The number of carbonyl (C=O) groups is 1. The van der Waals surface area contributed by atoms with Gasteiger partial charge in [0.2, 0.25) is 0 Å². The Kier molecular flexibility index (Phi) is 4.08. The van der Waals surface area contributed by atoms with Crippen LogP contribution in [0, 0.1) is 0 Å². The molecule has 0 radical (unpaired) electrons. The van der Waals surface area contributed by atoms with Crippen LogP contribution < -0.4 is 15.8 Å². The highest BCUT2D eigenvalue weighted by molar-refractivity contribution is 6.31. The number of H-pyrrole nitrogens is 1. The predicted molar refractivity (Wildman–Crippen MR) is 89.9 cm³/mol. The van der Waals surface area contributed by atoms with Crippen molar-refractivity contribution < 1.29 is 9.53 Å². The van der Waals surface area contributed by atoms with Crippen LogP contribution in [-0.4, -0.2) is 23.0 Å². The van der Waals surface area contributed by atoms with Gasteiger partial charge in [0.25, 0.3) is 5.91 Å². The second-order valence-electron chi connectivity index (χ2n) is 4.96. The molecule has 1 aromatic carbocycles. The number of aromatic nitrogens is 2. The Balaban J connectivity index is 1.94. The number of halogens is 1. The average molecular weight is 331 g/mol. The van der Waals surface area contributed by atoms with Crippen LogP contribution >= 0.6 is 11.6 Å². The molecule has 2 heterocycles. The van der Waals surface area contributed by atoms with E-state index in [0.717, 1.165) is 16.6 Å². The molecule has 1 amide bonds. The van der Waals surface area contributed by atoms with Crippen molar-refractivity contribution in [3.63, 3.8) is 0 Å². The Bertz CT molecular complexity index is 876. The minimum Gasteiger partial charge on any atom is -0.494 e. The van der Waals surface area contributed by atoms with Crippen LogP contribution in [-0.2, 0) is 6.54 Å². The number of nitrogens with two attached hydrogens (primary N) is 1. The maximum Gasteiger partial charge on any atom is 0.252 e. The first-order chi connectivity index (χ1) is 11.1. The molecule has 0 unspecified atom stereocenters. The Morgan fingerprint density at radius 2 is 2.26 bits per heavy atom. The summed E-state index contributed by atoms with van der Waals surface area (Å²) in [5.41, 5.74) is 8.10. The zero-order valence-electron chi connectivity index (χ0n) is 12.4. The lowest BCUT2D eigenvalue weighted by atomic mass is 10.1. The fourth-order valence-electron chi connectivity index (χ4n) is 2.49. The van der Waals surface area contributed by atoms with Crippen LogP contribution in [0.3, 0.4) is 0 Å². The SMILES string of the molecule is COc1c(NCc2ccnc3[nH]ccc23)cc(Cl)cc1C(N)=O. The largest absolute Gasteiger partial charge is 0.494 e. The predicted octanol–water partition coefficient (Wildman–Crippen LogP) is 2.94. The summed E-state index contributed by atoms with van der Waals surface area (Å²) in [4.78, 5) is 18.9. The van der Waals surface area contributed by atoms with Gasteiger partial charge in [0.1, 0.15) is 5.65 Å². The monoisotopic (exact) mass is 330 g/mol. The Labute approximate surface area is 137 Å². The molecule has 0 atom stereocenters. The van der Waals surface area contributed by atoms with Gasteiger partial charge in [-0.15, -0.1) is 0 Å². The van der Waals surface area contributed by atoms with E-state index in [2.05, 4.69) is 15.3 Å². The molecule has 0 saturated heterocycles. The molecule has 0 aliphatic carbocycles. The number of pyridine rings is 1. The van der Waals surface area contributed by atoms with Gasteiger partial charge in [-0.2, -0.15) is 0 Å². The van der Waals surface area contributed by atoms with Crippen LogP contribution in [0.25, 0.3) is 11.0 Å². The molecule has 6 nitrogen and oxygen atoms in total. The molecule has 4 N–H and O–H groups in total. The van der Waals surface area contributed by atoms with Gasteiger partial charge in [0.15, 0.2) is 5.75 Å². The minimum atomic E-state index is -0.593. The summed E-state index contributed by atoms with van der Waals surface area (Å²) in [6.45, 7) is 0.520. The first kappa shape index (κ1) is 15.2. The number of ether oxygens (including phenoxy) is 1. The summed E-state index contributed by atoms with van der Waals surface area (Å²) < 4.78 is 5.31. The van der Waals surface area contributed by atoms with Gasteiger partial charge in [0, 0.05) is 29.3 Å². The van der Waals surface area contributed by atoms with Crippen LogP contribution in [0.2, 0.25) is 5.02 Å². The number of primary amides is 1. The number of aromatic amines is 1. The van der Waals surface area contributed by atoms with Crippen molar-refractivity contribution in [2.45, 2.75) is 6.54 Å². The second kappa shape index (κ2) is 6.18. The van der Waals surface area contributed by atoms with E-state index in [1.165, 1.54) is 13.2 Å². The van der Waals surface area contributed by atoms with Gasteiger partial charge in [0.05, 0.1) is 18.4 Å². The van der Waals surface area contributed by atoms with E-state index in [1.807, 2.05) is 18.3 Å². The number of rotatable bonds is 5. The third-order valence-corrected chi connectivity index (χ3v) is 3.76. The van der Waals surface area contributed by atoms with Gasteiger partial charge in [-0.1, -0.05) is 11.6 Å². The van der Waals surface area contributed by atoms with Crippen LogP contribution in [0.5, 0.6) is 5.75 Å². The lowest BCUT2D eigenvalue weighted by Gasteiger charge is -2.15. The maximum absolute atomic E-state index is 11.5. The maximum atomic E-state index is 11.5.